The Morgan fingerprint density at radius 2 is 2.09 bits per heavy atom. The third kappa shape index (κ3) is 5.41. The minimum atomic E-state index is -2.86. The van der Waals surface area contributed by atoms with Gasteiger partial charge in [-0.3, -0.25) is 9.78 Å². The van der Waals surface area contributed by atoms with Crippen molar-refractivity contribution in [3.63, 3.8) is 0 Å². The van der Waals surface area contributed by atoms with Gasteiger partial charge in [-0.15, -0.1) is 0 Å². The quantitative estimate of drug-likeness (QED) is 0.814. The first-order chi connectivity index (χ1) is 12.3. The largest absolute Gasteiger partial charge is 0.480 e. The van der Waals surface area contributed by atoms with Gasteiger partial charge in [0.25, 0.3) is 0 Å². The van der Waals surface area contributed by atoms with E-state index < -0.39 is 24.8 Å². The molecule has 0 bridgehead atoms. The van der Waals surface area contributed by atoms with Gasteiger partial charge < -0.3 is 10.4 Å². The summed E-state index contributed by atoms with van der Waals surface area (Å²) in [5.74, 6) is -1.92. The van der Waals surface area contributed by atoms with Crippen molar-refractivity contribution < 1.29 is 18.8 Å². The van der Waals surface area contributed by atoms with Crippen LogP contribution in [0, 0.1) is 0 Å². The van der Waals surface area contributed by atoms with E-state index in [1.165, 1.54) is 11.8 Å². The van der Waals surface area contributed by atoms with Crippen molar-refractivity contribution in [3.8, 4) is 11.3 Å². The van der Waals surface area contributed by atoms with Gasteiger partial charge in [0, 0.05) is 34.2 Å². The van der Waals surface area contributed by atoms with E-state index in [2.05, 4.69) is 4.98 Å². The van der Waals surface area contributed by atoms with E-state index in [-0.39, 0.29) is 5.75 Å². The number of carboxylic acid groups (broad SMARTS) is 1. The maximum atomic E-state index is 11.4. The lowest BCUT2D eigenvalue weighted by atomic mass is 10.1. The van der Waals surface area contributed by atoms with Crippen LogP contribution in [0.5, 0.6) is 0 Å². The topological polar surface area (TPSA) is 79.3 Å². The van der Waals surface area contributed by atoms with Crippen molar-refractivity contribution in [3.05, 3.63) is 54.2 Å². The number of carbonyl (C=O) groups excluding carboxylic acids is 1. The summed E-state index contributed by atoms with van der Waals surface area (Å²) in [7, 11) is 0. The SMILES string of the molecule is [2H]C([2H])([2H])C(=O)N[C@@H](CSCc1ccc(-c2ccccn2)cc1)C(=O)O. The Bertz CT molecular complexity index is 752. The molecule has 0 saturated carbocycles. The average molecular weight is 333 g/mol. The highest BCUT2D eigenvalue weighted by atomic mass is 32.2. The van der Waals surface area contributed by atoms with Gasteiger partial charge in [0.05, 0.1) is 5.69 Å². The molecule has 0 radical (unpaired) electrons. The predicted molar refractivity (Wildman–Crippen MR) is 91.1 cm³/mol. The molecule has 1 amide bonds. The number of pyridine rings is 1. The molecule has 0 unspecified atom stereocenters. The first-order valence-corrected chi connectivity index (χ1v) is 8.04. The smallest absolute Gasteiger partial charge is 0.327 e. The highest BCUT2D eigenvalue weighted by Crippen LogP contribution is 2.19. The third-order valence-corrected chi connectivity index (χ3v) is 4.18. The van der Waals surface area contributed by atoms with Crippen molar-refractivity contribution in [2.75, 3.05) is 5.75 Å². The maximum Gasteiger partial charge on any atom is 0.327 e. The lowest BCUT2D eigenvalue weighted by molar-refractivity contribution is -0.140. The third-order valence-electron chi connectivity index (χ3n) is 3.07. The average Bonchev–Trinajstić information content (AvgIpc) is 2.61. The molecule has 6 heteroatoms. The number of thioether (sulfide) groups is 1. The van der Waals surface area contributed by atoms with Gasteiger partial charge in [-0.1, -0.05) is 30.3 Å². The molecular weight excluding hydrogens is 312 g/mol. The molecule has 1 atom stereocenters. The summed E-state index contributed by atoms with van der Waals surface area (Å²) in [5.41, 5.74) is 2.83. The van der Waals surface area contributed by atoms with Crippen LogP contribution in [0.4, 0.5) is 0 Å². The number of nitrogens with zero attached hydrogens (tertiary/aromatic N) is 1. The Hall–Kier alpha value is -2.34. The summed E-state index contributed by atoms with van der Waals surface area (Å²) >= 11 is 1.30. The van der Waals surface area contributed by atoms with Crippen LogP contribution in [0.25, 0.3) is 11.3 Å². The first-order valence-electron chi connectivity index (χ1n) is 8.39. The summed E-state index contributed by atoms with van der Waals surface area (Å²) in [6.45, 7) is -2.86. The molecule has 23 heavy (non-hydrogen) atoms. The first kappa shape index (κ1) is 13.1. The normalized spacial score (nSPS) is 14.2. The van der Waals surface area contributed by atoms with E-state index in [9.17, 15) is 9.59 Å². The van der Waals surface area contributed by atoms with Gasteiger partial charge >= 0.3 is 5.97 Å². The monoisotopic (exact) mass is 333 g/mol. The second-order valence-corrected chi connectivity index (χ2v) is 5.82. The van der Waals surface area contributed by atoms with Crippen molar-refractivity contribution in [1.82, 2.24) is 10.3 Å². The standard InChI is InChI=1S/C17H18N2O3S/c1-12(20)19-16(17(21)22)11-23-10-13-5-7-14(8-6-13)15-4-2-3-9-18-15/h2-9,16H,10-11H2,1H3,(H,19,20)(H,21,22)/t16-/m0/s1/i1D3. The van der Waals surface area contributed by atoms with E-state index in [1.807, 2.05) is 47.8 Å². The molecule has 2 N–H and O–H groups in total. The van der Waals surface area contributed by atoms with Crippen molar-refractivity contribution in [2.24, 2.45) is 0 Å². The Kier molecular flexibility index (Phi) is 4.76. The van der Waals surface area contributed by atoms with Crippen molar-refractivity contribution >= 4 is 23.6 Å². The second kappa shape index (κ2) is 8.33. The number of rotatable bonds is 7. The molecule has 0 saturated heterocycles. The fourth-order valence-corrected chi connectivity index (χ4v) is 2.94. The molecule has 5 nitrogen and oxygen atoms in total. The highest BCUT2D eigenvalue weighted by Gasteiger charge is 2.17. The maximum absolute atomic E-state index is 11.4. The fourth-order valence-electron chi connectivity index (χ4n) is 1.93. The zero-order valence-electron chi connectivity index (χ0n) is 15.2. The van der Waals surface area contributed by atoms with Crippen LogP contribution < -0.4 is 5.32 Å². The summed E-state index contributed by atoms with van der Waals surface area (Å²) < 4.78 is 21.0. The summed E-state index contributed by atoms with van der Waals surface area (Å²) in [4.78, 5) is 26.9. The molecule has 0 fully saturated rings. The van der Waals surface area contributed by atoms with Crippen LogP contribution in [0.1, 0.15) is 16.5 Å². The van der Waals surface area contributed by atoms with E-state index in [4.69, 9.17) is 9.22 Å². The number of nitrogens with one attached hydrogen (secondary N) is 1. The van der Waals surface area contributed by atoms with E-state index in [0.29, 0.717) is 5.75 Å². The van der Waals surface area contributed by atoms with E-state index in [0.717, 1.165) is 16.8 Å². The molecule has 1 aromatic heterocycles. The second-order valence-electron chi connectivity index (χ2n) is 4.79. The summed E-state index contributed by atoms with van der Waals surface area (Å²) in [6, 6.07) is 12.1. The number of amides is 1. The van der Waals surface area contributed by atoms with Crippen LogP contribution in [0.3, 0.4) is 0 Å². The number of aliphatic carboxylic acids is 1. The molecule has 2 aromatic rings. The summed E-state index contributed by atoms with van der Waals surface area (Å²) in [6.07, 6.45) is 1.72. The Morgan fingerprint density at radius 1 is 1.30 bits per heavy atom. The van der Waals surface area contributed by atoms with Crippen LogP contribution in [-0.4, -0.2) is 33.8 Å². The van der Waals surface area contributed by atoms with Gasteiger partial charge in [-0.2, -0.15) is 11.8 Å². The minimum Gasteiger partial charge on any atom is -0.480 e. The molecule has 0 aliphatic heterocycles. The van der Waals surface area contributed by atoms with Crippen molar-refractivity contribution in [2.45, 2.75) is 18.6 Å². The molecule has 0 aliphatic rings. The number of benzene rings is 1. The molecule has 0 aliphatic carbocycles. The Morgan fingerprint density at radius 3 is 2.70 bits per heavy atom. The summed E-state index contributed by atoms with van der Waals surface area (Å²) in [5, 5.41) is 11.2. The number of hydrogen-bond donors (Lipinski definition) is 2. The number of aromatic nitrogens is 1. The Labute approximate surface area is 143 Å². The van der Waals surface area contributed by atoms with Crippen molar-refractivity contribution in [1.29, 1.82) is 0 Å². The van der Waals surface area contributed by atoms with E-state index in [1.54, 1.807) is 6.20 Å². The van der Waals surface area contributed by atoms with Gasteiger partial charge in [0.15, 0.2) is 0 Å². The minimum absolute atomic E-state index is 0.0686. The van der Waals surface area contributed by atoms with Crippen LogP contribution in [0.15, 0.2) is 48.7 Å². The zero-order valence-corrected chi connectivity index (χ0v) is 13.0. The number of carbonyl (C=O) groups is 2. The zero-order chi connectivity index (χ0) is 19.2. The van der Waals surface area contributed by atoms with Gasteiger partial charge in [0.2, 0.25) is 5.91 Å². The molecule has 2 rings (SSSR count). The van der Waals surface area contributed by atoms with Crippen LogP contribution in [0.2, 0.25) is 0 Å². The van der Waals surface area contributed by atoms with Gasteiger partial charge in [-0.25, -0.2) is 4.79 Å². The predicted octanol–water partition coefficient (Wildman–Crippen LogP) is 2.57. The van der Waals surface area contributed by atoms with E-state index >= 15 is 0 Å². The van der Waals surface area contributed by atoms with Crippen LogP contribution >= 0.6 is 11.8 Å². The lowest BCUT2D eigenvalue weighted by Gasteiger charge is -2.12. The Balaban J connectivity index is 1.89. The lowest BCUT2D eigenvalue weighted by Crippen LogP contribution is -2.41. The number of hydrogen-bond acceptors (Lipinski definition) is 4. The molecule has 1 aromatic carbocycles. The highest BCUT2D eigenvalue weighted by molar-refractivity contribution is 7.98. The number of carboxylic acids is 1. The fraction of sp³-hybridized carbons (Fsp3) is 0.235. The molecule has 120 valence electrons. The van der Waals surface area contributed by atoms with Gasteiger partial charge in [-0.05, 0) is 17.7 Å². The van der Waals surface area contributed by atoms with Crippen LogP contribution in [-0.2, 0) is 15.3 Å². The van der Waals surface area contributed by atoms with Gasteiger partial charge in [0.1, 0.15) is 6.04 Å². The molecule has 0 spiro atoms. The molecule has 1 heterocycles. The molecular formula is C17H18N2O3S.